The van der Waals surface area contributed by atoms with Gasteiger partial charge in [0.25, 0.3) is 0 Å². The molecule has 0 amide bonds. The molecule has 0 aliphatic heterocycles. The summed E-state index contributed by atoms with van der Waals surface area (Å²) in [6.07, 6.45) is 60.9. The Morgan fingerprint density at radius 1 is 0.470 bits per heavy atom. The number of ether oxygens (including phenoxy) is 2. The van der Waals surface area contributed by atoms with Crippen LogP contribution in [0.1, 0.15) is 277 Å². The van der Waals surface area contributed by atoms with Crippen molar-refractivity contribution in [3.05, 3.63) is 24.3 Å². The summed E-state index contributed by atoms with van der Waals surface area (Å²) in [4.78, 5) is 23.1. The lowest BCUT2D eigenvalue weighted by Crippen LogP contribution is -2.37. The van der Waals surface area contributed by atoms with E-state index in [0.29, 0.717) is 24.1 Å². The maximum absolute atomic E-state index is 12.8. The Kier molecular flexibility index (Phi) is 49.6. The van der Waals surface area contributed by atoms with Crippen LogP contribution in [-0.4, -0.2) is 75.6 Å². The molecule has 0 saturated heterocycles. The molecule has 0 heterocycles. The van der Waals surface area contributed by atoms with Gasteiger partial charge in [0.1, 0.15) is 19.3 Å². The fourth-order valence-corrected chi connectivity index (χ4v) is 9.09. The third-order valence-electron chi connectivity index (χ3n) is 12.8. The fourth-order valence-electron chi connectivity index (χ4n) is 8.35. The number of phosphoric acid groups is 1. The van der Waals surface area contributed by atoms with Crippen LogP contribution >= 0.6 is 7.82 Å². The van der Waals surface area contributed by atoms with E-state index >= 15 is 0 Å². The number of hydrogen-bond acceptors (Lipinski definition) is 6. The third kappa shape index (κ3) is 53.9. The summed E-state index contributed by atoms with van der Waals surface area (Å²) in [6.45, 7) is 5.68. The summed E-state index contributed by atoms with van der Waals surface area (Å²) in [5, 5.41) is 0. The van der Waals surface area contributed by atoms with Crippen LogP contribution in [0.25, 0.3) is 0 Å². The number of unbranched alkanes of at least 4 members (excludes halogenated alkanes) is 36. The lowest BCUT2D eigenvalue weighted by molar-refractivity contribution is -0.870. The van der Waals surface area contributed by atoms with Crippen LogP contribution in [0.4, 0.5) is 0 Å². The van der Waals surface area contributed by atoms with Gasteiger partial charge in [-0.15, -0.1) is 0 Å². The Morgan fingerprint density at radius 2 is 0.833 bits per heavy atom. The number of esters is 1. The van der Waals surface area contributed by atoms with Crippen LogP contribution in [0, 0.1) is 0 Å². The number of allylic oxidation sites excluding steroid dienone is 4. The standard InChI is InChI=1S/C57H112NO7P/c1-6-8-10-12-14-16-18-20-22-24-26-28-29-30-32-34-36-38-40-42-44-46-48-50-57(59)65-56(55-64-66(60,61)63-53-51-58(3,4)5)54-62-52-49-47-45-43-41-39-37-35-33-31-27-25-23-21-19-17-15-13-11-9-7-2/h18,20,24,26,56H,6-17,19,21-23,25,27-55H2,1-5H3/p+1/b20-18-,26-24-. The monoisotopic (exact) mass is 955 g/mol. The van der Waals surface area contributed by atoms with Crippen LogP contribution in [0.3, 0.4) is 0 Å². The molecule has 0 aromatic rings. The molecule has 0 aliphatic rings. The summed E-state index contributed by atoms with van der Waals surface area (Å²) in [5.74, 6) is -0.309. The molecule has 0 aromatic carbocycles. The van der Waals surface area contributed by atoms with Crippen LogP contribution in [0.2, 0.25) is 0 Å². The number of nitrogens with zero attached hydrogens (tertiary/aromatic N) is 1. The minimum atomic E-state index is -4.28. The van der Waals surface area contributed by atoms with Gasteiger partial charge >= 0.3 is 13.8 Å². The largest absolute Gasteiger partial charge is 0.472 e. The molecule has 0 aromatic heterocycles. The zero-order valence-corrected chi connectivity index (χ0v) is 45.6. The van der Waals surface area contributed by atoms with E-state index < -0.39 is 13.9 Å². The van der Waals surface area contributed by atoms with Crippen molar-refractivity contribution in [1.82, 2.24) is 0 Å². The van der Waals surface area contributed by atoms with Gasteiger partial charge in [-0.2, -0.15) is 0 Å². The van der Waals surface area contributed by atoms with Crippen molar-refractivity contribution in [3.8, 4) is 0 Å². The first kappa shape index (κ1) is 65.0. The molecule has 0 saturated carbocycles. The highest BCUT2D eigenvalue weighted by atomic mass is 31.2. The zero-order valence-electron chi connectivity index (χ0n) is 44.7. The lowest BCUT2D eigenvalue weighted by atomic mass is 10.0. The van der Waals surface area contributed by atoms with Gasteiger partial charge in [-0.3, -0.25) is 13.8 Å². The molecule has 0 fully saturated rings. The second-order valence-electron chi connectivity index (χ2n) is 20.7. The van der Waals surface area contributed by atoms with E-state index in [-0.39, 0.29) is 25.8 Å². The fraction of sp³-hybridized carbons (Fsp3) is 0.912. The van der Waals surface area contributed by atoms with Gasteiger partial charge in [-0.05, 0) is 44.9 Å². The average Bonchev–Trinajstić information content (AvgIpc) is 3.28. The average molecular weight is 956 g/mol. The minimum absolute atomic E-state index is 0.0910. The molecule has 0 rings (SSSR count). The second-order valence-corrected chi connectivity index (χ2v) is 22.1. The first-order valence-corrected chi connectivity index (χ1v) is 30.1. The molecular weight excluding hydrogens is 842 g/mol. The highest BCUT2D eigenvalue weighted by molar-refractivity contribution is 7.47. The second kappa shape index (κ2) is 50.4. The van der Waals surface area contributed by atoms with E-state index in [9.17, 15) is 14.3 Å². The Hall–Kier alpha value is -1.02. The van der Waals surface area contributed by atoms with Gasteiger partial charge in [-0.25, -0.2) is 4.57 Å². The van der Waals surface area contributed by atoms with Gasteiger partial charge in [0.2, 0.25) is 0 Å². The topological polar surface area (TPSA) is 91.3 Å². The number of likely N-dealkylation sites (N-methyl/N-ethyl adjacent to an activating group) is 1. The van der Waals surface area contributed by atoms with Crippen molar-refractivity contribution in [3.63, 3.8) is 0 Å². The summed E-state index contributed by atoms with van der Waals surface area (Å²) in [6, 6.07) is 0. The smallest absolute Gasteiger partial charge is 0.457 e. The molecule has 0 spiro atoms. The van der Waals surface area contributed by atoms with E-state index in [1.54, 1.807) is 0 Å². The van der Waals surface area contributed by atoms with Gasteiger partial charge in [0.15, 0.2) is 0 Å². The number of carbonyl (C=O) groups excluding carboxylic acids is 1. The van der Waals surface area contributed by atoms with Crippen LogP contribution in [-0.2, 0) is 27.9 Å². The van der Waals surface area contributed by atoms with E-state index in [0.717, 1.165) is 38.5 Å². The van der Waals surface area contributed by atoms with Gasteiger partial charge in [0.05, 0.1) is 34.4 Å². The zero-order chi connectivity index (χ0) is 48.3. The van der Waals surface area contributed by atoms with Gasteiger partial charge < -0.3 is 18.9 Å². The van der Waals surface area contributed by atoms with E-state index in [1.807, 2.05) is 21.1 Å². The Balaban J connectivity index is 4.05. The first-order valence-electron chi connectivity index (χ1n) is 28.6. The molecule has 8 nitrogen and oxygen atoms in total. The molecule has 0 bridgehead atoms. The molecule has 1 N–H and O–H groups in total. The molecule has 2 atom stereocenters. The molecule has 9 heteroatoms. The van der Waals surface area contributed by atoms with Crippen molar-refractivity contribution < 1.29 is 37.3 Å². The van der Waals surface area contributed by atoms with Crippen LogP contribution < -0.4 is 0 Å². The van der Waals surface area contributed by atoms with Crippen molar-refractivity contribution in [2.45, 2.75) is 283 Å². The molecule has 0 aliphatic carbocycles. The van der Waals surface area contributed by atoms with Crippen molar-refractivity contribution in [2.24, 2.45) is 0 Å². The van der Waals surface area contributed by atoms with Crippen molar-refractivity contribution in [1.29, 1.82) is 0 Å². The Morgan fingerprint density at radius 3 is 1.23 bits per heavy atom. The summed E-state index contributed by atoms with van der Waals surface area (Å²) < 4.78 is 35.3. The number of quaternary nitrogens is 1. The SMILES string of the molecule is CCCCCCC/C=C\C/C=C\CCCCCCCCCCCCCC(=O)OC(COCCCCCCCCCCCCCCCCCCCCCCC)COP(=O)(O)OCC[N+](C)(C)C. The Labute approximate surface area is 411 Å². The molecule has 2 unspecified atom stereocenters. The third-order valence-corrected chi connectivity index (χ3v) is 13.7. The van der Waals surface area contributed by atoms with E-state index in [1.165, 1.54) is 218 Å². The van der Waals surface area contributed by atoms with Crippen LogP contribution in [0.15, 0.2) is 24.3 Å². The highest BCUT2D eigenvalue weighted by Gasteiger charge is 2.26. The first-order chi connectivity index (χ1) is 32.1. The number of rotatable bonds is 54. The summed E-state index contributed by atoms with van der Waals surface area (Å²) in [7, 11) is 1.68. The van der Waals surface area contributed by atoms with Gasteiger partial charge in [0, 0.05) is 13.0 Å². The summed E-state index contributed by atoms with van der Waals surface area (Å²) >= 11 is 0. The summed E-state index contributed by atoms with van der Waals surface area (Å²) in [5.41, 5.74) is 0. The molecular formula is C57H113NO7P+. The predicted octanol–water partition coefficient (Wildman–Crippen LogP) is 17.9. The molecule has 66 heavy (non-hydrogen) atoms. The number of carbonyl (C=O) groups is 1. The number of hydrogen-bond donors (Lipinski definition) is 1. The van der Waals surface area contributed by atoms with E-state index in [4.69, 9.17) is 18.5 Å². The van der Waals surface area contributed by atoms with E-state index in [2.05, 4.69) is 38.2 Å². The number of phosphoric ester groups is 1. The highest BCUT2D eigenvalue weighted by Crippen LogP contribution is 2.43. The normalized spacial score (nSPS) is 13.6. The predicted molar refractivity (Wildman–Crippen MR) is 284 cm³/mol. The van der Waals surface area contributed by atoms with Crippen molar-refractivity contribution in [2.75, 3.05) is 54.1 Å². The van der Waals surface area contributed by atoms with Crippen molar-refractivity contribution >= 4 is 13.8 Å². The van der Waals surface area contributed by atoms with Crippen LogP contribution in [0.5, 0.6) is 0 Å². The van der Waals surface area contributed by atoms with Gasteiger partial charge in [-0.1, -0.05) is 250 Å². The Bertz CT molecular complexity index is 1110. The maximum Gasteiger partial charge on any atom is 0.472 e. The minimum Gasteiger partial charge on any atom is -0.457 e. The lowest BCUT2D eigenvalue weighted by Gasteiger charge is -2.24. The molecule has 0 radical (unpaired) electrons. The maximum atomic E-state index is 12.8. The molecule has 392 valence electrons. The quantitative estimate of drug-likeness (QED) is 0.0213.